The summed E-state index contributed by atoms with van der Waals surface area (Å²) in [6, 6.07) is 7.32. The van der Waals surface area contributed by atoms with Crippen LogP contribution in [0.5, 0.6) is 11.5 Å². The molecule has 1 saturated heterocycles. The molecule has 1 aliphatic rings. The standard InChI is InChI=1S/C20H16ClIN2O5/c1-10-4-5-12(9-14(10)21)24-19(26)13(18(25)23-20(24)27)6-11-7-15(22)17(29-3)16(8-11)28-2/h4-9H,1-3H3,(H,23,25,27)/b13-6-. The van der Waals surface area contributed by atoms with Crippen molar-refractivity contribution in [3.63, 3.8) is 0 Å². The monoisotopic (exact) mass is 526 g/mol. The number of nitrogens with zero attached hydrogens (tertiary/aromatic N) is 1. The molecule has 29 heavy (non-hydrogen) atoms. The Hall–Kier alpha value is -2.59. The number of urea groups is 1. The molecule has 0 spiro atoms. The summed E-state index contributed by atoms with van der Waals surface area (Å²) in [7, 11) is 3.01. The lowest BCUT2D eigenvalue weighted by Crippen LogP contribution is -2.54. The van der Waals surface area contributed by atoms with Crippen LogP contribution in [0.4, 0.5) is 10.5 Å². The van der Waals surface area contributed by atoms with E-state index < -0.39 is 17.8 Å². The number of nitrogens with one attached hydrogen (secondary N) is 1. The molecule has 2 aromatic rings. The third-order valence-electron chi connectivity index (χ3n) is 4.28. The summed E-state index contributed by atoms with van der Waals surface area (Å²) in [5.41, 5.74) is 1.42. The number of methoxy groups -OCH3 is 2. The Morgan fingerprint density at radius 3 is 2.45 bits per heavy atom. The van der Waals surface area contributed by atoms with Gasteiger partial charge in [-0.05, 0) is 71.0 Å². The Labute approximate surface area is 185 Å². The fraction of sp³-hybridized carbons (Fsp3) is 0.150. The van der Waals surface area contributed by atoms with Gasteiger partial charge in [0.25, 0.3) is 11.8 Å². The summed E-state index contributed by atoms with van der Waals surface area (Å²) in [5.74, 6) is -0.531. The van der Waals surface area contributed by atoms with Gasteiger partial charge < -0.3 is 9.47 Å². The molecule has 4 amide bonds. The lowest BCUT2D eigenvalue weighted by Gasteiger charge is -2.26. The lowest BCUT2D eigenvalue weighted by molar-refractivity contribution is -0.122. The van der Waals surface area contributed by atoms with Gasteiger partial charge >= 0.3 is 6.03 Å². The van der Waals surface area contributed by atoms with Crippen molar-refractivity contribution in [1.82, 2.24) is 5.32 Å². The molecule has 0 unspecified atom stereocenters. The Kier molecular flexibility index (Phi) is 6.13. The molecule has 9 heteroatoms. The third-order valence-corrected chi connectivity index (χ3v) is 5.49. The molecule has 7 nitrogen and oxygen atoms in total. The normalized spacial score (nSPS) is 15.6. The largest absolute Gasteiger partial charge is 0.493 e. The number of aryl methyl sites for hydroxylation is 1. The number of hydrogen-bond donors (Lipinski definition) is 1. The fourth-order valence-corrected chi connectivity index (χ4v) is 3.82. The van der Waals surface area contributed by atoms with Crippen LogP contribution in [0.25, 0.3) is 6.08 Å². The van der Waals surface area contributed by atoms with E-state index in [1.165, 1.54) is 26.4 Å². The molecule has 0 radical (unpaired) electrons. The van der Waals surface area contributed by atoms with Gasteiger partial charge in [0.2, 0.25) is 0 Å². The average Bonchev–Trinajstić information content (AvgIpc) is 2.67. The predicted molar refractivity (Wildman–Crippen MR) is 117 cm³/mol. The number of hydrogen-bond acceptors (Lipinski definition) is 5. The lowest BCUT2D eigenvalue weighted by atomic mass is 10.1. The van der Waals surface area contributed by atoms with E-state index in [2.05, 4.69) is 27.9 Å². The number of halogens is 2. The highest BCUT2D eigenvalue weighted by Crippen LogP contribution is 2.34. The fourth-order valence-electron chi connectivity index (χ4n) is 2.80. The van der Waals surface area contributed by atoms with E-state index in [-0.39, 0.29) is 11.3 Å². The van der Waals surface area contributed by atoms with E-state index in [0.717, 1.165) is 14.0 Å². The highest BCUT2D eigenvalue weighted by Gasteiger charge is 2.37. The van der Waals surface area contributed by atoms with Crippen LogP contribution < -0.4 is 19.7 Å². The number of amides is 4. The van der Waals surface area contributed by atoms with Crippen LogP contribution in [0.15, 0.2) is 35.9 Å². The molecule has 2 aromatic carbocycles. The van der Waals surface area contributed by atoms with E-state index >= 15 is 0 Å². The second-order valence-electron chi connectivity index (χ2n) is 6.13. The van der Waals surface area contributed by atoms with Gasteiger partial charge in [0.15, 0.2) is 11.5 Å². The van der Waals surface area contributed by atoms with Gasteiger partial charge in [-0.25, -0.2) is 9.69 Å². The van der Waals surface area contributed by atoms with Crippen molar-refractivity contribution < 1.29 is 23.9 Å². The van der Waals surface area contributed by atoms with Crippen molar-refractivity contribution in [3.05, 3.63) is 55.6 Å². The average molecular weight is 527 g/mol. The first-order valence-corrected chi connectivity index (χ1v) is 9.81. The number of imide groups is 2. The Balaban J connectivity index is 2.06. The topological polar surface area (TPSA) is 84.9 Å². The van der Waals surface area contributed by atoms with Crippen molar-refractivity contribution in [2.45, 2.75) is 6.92 Å². The summed E-state index contributed by atoms with van der Waals surface area (Å²) >= 11 is 8.19. The van der Waals surface area contributed by atoms with Crippen LogP contribution in [0.1, 0.15) is 11.1 Å². The first-order valence-electron chi connectivity index (χ1n) is 8.36. The van der Waals surface area contributed by atoms with E-state index in [0.29, 0.717) is 22.1 Å². The molecule has 0 bridgehead atoms. The van der Waals surface area contributed by atoms with Crippen molar-refractivity contribution >= 4 is 63.8 Å². The second kappa shape index (κ2) is 8.42. The molecule has 0 saturated carbocycles. The van der Waals surface area contributed by atoms with Crippen LogP contribution in [0.2, 0.25) is 5.02 Å². The van der Waals surface area contributed by atoms with E-state index in [1.54, 1.807) is 31.2 Å². The Morgan fingerprint density at radius 2 is 1.83 bits per heavy atom. The van der Waals surface area contributed by atoms with Gasteiger partial charge in [0, 0.05) is 5.02 Å². The Bertz CT molecular complexity index is 1070. The highest BCUT2D eigenvalue weighted by atomic mass is 127. The minimum Gasteiger partial charge on any atom is -0.493 e. The molecular weight excluding hydrogens is 511 g/mol. The highest BCUT2D eigenvalue weighted by molar-refractivity contribution is 14.1. The van der Waals surface area contributed by atoms with Crippen LogP contribution >= 0.6 is 34.2 Å². The van der Waals surface area contributed by atoms with E-state index in [4.69, 9.17) is 21.1 Å². The minimum absolute atomic E-state index is 0.190. The van der Waals surface area contributed by atoms with Crippen LogP contribution in [-0.4, -0.2) is 32.1 Å². The van der Waals surface area contributed by atoms with Gasteiger partial charge in [-0.1, -0.05) is 17.7 Å². The molecule has 1 N–H and O–H groups in total. The number of anilines is 1. The number of carbonyl (C=O) groups excluding carboxylic acids is 3. The van der Waals surface area contributed by atoms with Gasteiger partial charge in [-0.3, -0.25) is 14.9 Å². The SMILES string of the molecule is COc1cc(/C=C2/C(=O)NC(=O)N(c3ccc(C)c(Cl)c3)C2=O)cc(I)c1OC. The smallest absolute Gasteiger partial charge is 0.335 e. The molecule has 0 atom stereocenters. The molecule has 0 aliphatic carbocycles. The van der Waals surface area contributed by atoms with Crippen LogP contribution in [-0.2, 0) is 9.59 Å². The zero-order chi connectivity index (χ0) is 21.3. The second-order valence-corrected chi connectivity index (χ2v) is 7.70. The van der Waals surface area contributed by atoms with Gasteiger partial charge in [-0.15, -0.1) is 0 Å². The maximum atomic E-state index is 13.0. The Morgan fingerprint density at radius 1 is 1.10 bits per heavy atom. The van der Waals surface area contributed by atoms with Gasteiger partial charge in [-0.2, -0.15) is 0 Å². The number of barbiturate groups is 1. The molecule has 1 fully saturated rings. The molecular formula is C20H16ClIN2O5. The molecule has 3 rings (SSSR count). The summed E-state index contributed by atoms with van der Waals surface area (Å²) in [5, 5.41) is 2.59. The van der Waals surface area contributed by atoms with Crippen molar-refractivity contribution in [3.8, 4) is 11.5 Å². The molecule has 0 aromatic heterocycles. The van der Waals surface area contributed by atoms with E-state index in [9.17, 15) is 14.4 Å². The number of ether oxygens (including phenoxy) is 2. The first kappa shape index (κ1) is 21.1. The summed E-state index contributed by atoms with van der Waals surface area (Å²) in [6.07, 6.45) is 1.40. The van der Waals surface area contributed by atoms with Crippen molar-refractivity contribution in [1.29, 1.82) is 0 Å². The summed E-state index contributed by atoms with van der Waals surface area (Å²) in [6.45, 7) is 1.80. The molecule has 150 valence electrons. The molecule has 1 heterocycles. The maximum Gasteiger partial charge on any atom is 0.335 e. The zero-order valence-corrected chi connectivity index (χ0v) is 18.6. The predicted octanol–water partition coefficient (Wildman–Crippen LogP) is 3.94. The molecule has 1 aliphatic heterocycles. The van der Waals surface area contributed by atoms with Crippen LogP contribution in [0.3, 0.4) is 0 Å². The number of rotatable bonds is 4. The first-order chi connectivity index (χ1) is 13.8. The number of benzene rings is 2. The van der Waals surface area contributed by atoms with E-state index in [1.807, 2.05) is 0 Å². The van der Waals surface area contributed by atoms with Crippen molar-refractivity contribution in [2.24, 2.45) is 0 Å². The summed E-state index contributed by atoms with van der Waals surface area (Å²) in [4.78, 5) is 38.5. The van der Waals surface area contributed by atoms with Crippen LogP contribution in [0, 0.1) is 10.5 Å². The minimum atomic E-state index is -0.834. The maximum absolute atomic E-state index is 13.0. The number of carbonyl (C=O) groups is 3. The summed E-state index contributed by atoms with van der Waals surface area (Å²) < 4.78 is 11.3. The third kappa shape index (κ3) is 4.08. The van der Waals surface area contributed by atoms with Crippen molar-refractivity contribution in [2.75, 3.05) is 19.1 Å². The van der Waals surface area contributed by atoms with Gasteiger partial charge in [0.1, 0.15) is 5.57 Å². The quantitative estimate of drug-likeness (QED) is 0.371. The van der Waals surface area contributed by atoms with Gasteiger partial charge in [0.05, 0.1) is 23.5 Å². The zero-order valence-electron chi connectivity index (χ0n) is 15.7.